The van der Waals surface area contributed by atoms with Crippen molar-refractivity contribution < 1.29 is 23.9 Å². The molecule has 6 saturated carbocycles. The third kappa shape index (κ3) is 12.0. The van der Waals surface area contributed by atoms with Crippen LogP contribution in [0.4, 0.5) is 0 Å². The molecule has 8 aliphatic rings. The molecule has 0 aromatic carbocycles. The molecule has 8 rings (SSSR count). The minimum atomic E-state index is -0.123. The number of carbonyl (C=O) groups is 3. The van der Waals surface area contributed by atoms with E-state index in [1.807, 2.05) is 6.08 Å². The Balaban J connectivity index is 0.000000206. The molecule has 6 fully saturated rings. The molecule has 70 heavy (non-hydrogen) atoms. The Morgan fingerprint density at radius 2 is 1.00 bits per heavy atom. The zero-order valence-electron chi connectivity index (χ0n) is 46.9. The lowest BCUT2D eigenvalue weighted by Gasteiger charge is -2.58. The number of fused-ring (bicyclic) bond motifs is 10. The second kappa shape index (κ2) is 24.0. The van der Waals surface area contributed by atoms with Gasteiger partial charge in [-0.3, -0.25) is 9.59 Å². The summed E-state index contributed by atoms with van der Waals surface area (Å²) in [5, 5.41) is 0. The summed E-state index contributed by atoms with van der Waals surface area (Å²) in [7, 11) is 0. The third-order valence-corrected chi connectivity index (χ3v) is 22.6. The standard InChI is InChI=1S/C33H54O2.C32H52O3/c1-7-8-9-13-31(34)35-26-18-20-32(5)25(22-26)14-15-27-29-17-16-28(24(4)12-10-11-23(2)3)33(29,6)21-19-30(27)32;1-22(2)9-8-10-23(3)27-14-15-28-26-13-12-24-21-25(35-30(34)11-6-7-20-33)16-18-31(24,4)29(26)17-19-32(27,28)5/h7,14,23-24,26-30H,1,8-13,15-22H2,2-6H3;12,20,22-23,25-29H,6-11,13-19,21H2,1-5H3/t24-,26+,27+,28-,29+,30+,32+,33-;23-,25+,26+,27-,28+,29+,31+,32-/m11/s1. The van der Waals surface area contributed by atoms with Gasteiger partial charge in [0, 0.05) is 32.1 Å². The van der Waals surface area contributed by atoms with Crippen LogP contribution in [0.5, 0.6) is 0 Å². The summed E-state index contributed by atoms with van der Waals surface area (Å²) < 4.78 is 11.8. The van der Waals surface area contributed by atoms with E-state index < -0.39 is 0 Å². The highest BCUT2D eigenvalue weighted by Gasteiger charge is 2.61. The zero-order chi connectivity index (χ0) is 50.4. The molecule has 5 nitrogen and oxygen atoms in total. The van der Waals surface area contributed by atoms with Crippen LogP contribution in [-0.2, 0) is 23.9 Å². The van der Waals surface area contributed by atoms with Crippen molar-refractivity contribution in [1.29, 1.82) is 0 Å². The van der Waals surface area contributed by atoms with Gasteiger partial charge in [-0.25, -0.2) is 0 Å². The average Bonchev–Trinajstić information content (AvgIpc) is 3.86. The largest absolute Gasteiger partial charge is 0.462 e. The van der Waals surface area contributed by atoms with Crippen LogP contribution in [0.25, 0.3) is 0 Å². The van der Waals surface area contributed by atoms with Gasteiger partial charge < -0.3 is 14.3 Å². The maximum Gasteiger partial charge on any atom is 0.306 e. The number of carbonyl (C=O) groups excluding carboxylic acids is 3. The molecule has 16 atom stereocenters. The van der Waals surface area contributed by atoms with Crippen molar-refractivity contribution in [2.24, 2.45) is 92.7 Å². The van der Waals surface area contributed by atoms with E-state index in [-0.39, 0.29) is 24.1 Å². The van der Waals surface area contributed by atoms with Crippen molar-refractivity contribution in [3.05, 3.63) is 36.0 Å². The smallest absolute Gasteiger partial charge is 0.306 e. The lowest BCUT2D eigenvalue weighted by atomic mass is 9.47. The Bertz CT molecular complexity index is 1690. The van der Waals surface area contributed by atoms with E-state index in [1.165, 1.54) is 109 Å². The minimum absolute atomic E-state index is 0.0114. The van der Waals surface area contributed by atoms with Crippen molar-refractivity contribution in [3.8, 4) is 0 Å². The van der Waals surface area contributed by atoms with Crippen LogP contribution in [0.2, 0.25) is 0 Å². The highest BCUT2D eigenvalue weighted by Crippen LogP contribution is 2.69. The Morgan fingerprint density at radius 3 is 1.40 bits per heavy atom. The fraction of sp³-hybridized carbons (Fsp3) is 0.862. The van der Waals surface area contributed by atoms with Crippen LogP contribution in [0.3, 0.4) is 0 Å². The molecule has 5 heteroatoms. The monoisotopic (exact) mass is 967 g/mol. The van der Waals surface area contributed by atoms with Crippen molar-refractivity contribution in [2.45, 2.75) is 261 Å². The zero-order valence-corrected chi connectivity index (χ0v) is 46.9. The fourth-order valence-electron chi connectivity index (χ4n) is 18.7. The highest BCUT2D eigenvalue weighted by molar-refractivity contribution is 5.70. The third-order valence-electron chi connectivity index (χ3n) is 22.6. The first-order valence-corrected chi connectivity index (χ1v) is 30.2. The van der Waals surface area contributed by atoms with Crippen LogP contribution >= 0.6 is 0 Å². The van der Waals surface area contributed by atoms with Crippen molar-refractivity contribution in [1.82, 2.24) is 0 Å². The molecular weight excluding hydrogens is 861 g/mol. The lowest BCUT2D eigenvalue weighted by Crippen LogP contribution is -2.51. The van der Waals surface area contributed by atoms with Gasteiger partial charge in [-0.1, -0.05) is 137 Å². The minimum Gasteiger partial charge on any atom is -0.462 e. The Hall–Kier alpha value is -2.17. The normalized spacial score (nSPS) is 39.3. The first kappa shape index (κ1) is 55.6. The SMILES string of the molecule is C=CCCCC(=O)O[C@H]1CC[C@@]2(C)C(=CC[C@H]3[C@@H]4CC[C@H]([C@H](C)CCCC(C)C)[C@@]4(C)CC[C@@H]32)C1.CC(C)CCC[C@@H](C)[C@H]1CC[C@H]2[C@@H]3CC=C4C[C@@H](OC(=O)CCCC=O)CC[C@]4(C)[C@H]3CC[C@]12C. The van der Waals surface area contributed by atoms with E-state index >= 15 is 0 Å². The van der Waals surface area contributed by atoms with Crippen molar-refractivity contribution in [3.63, 3.8) is 0 Å². The van der Waals surface area contributed by atoms with Gasteiger partial charge in [0.15, 0.2) is 0 Å². The number of allylic oxidation sites excluding steroid dienone is 3. The Labute approximate surface area is 430 Å². The fourth-order valence-corrected chi connectivity index (χ4v) is 18.7. The second-order valence-electron chi connectivity index (χ2n) is 27.5. The van der Waals surface area contributed by atoms with Crippen LogP contribution in [-0.4, -0.2) is 30.4 Å². The molecule has 8 aliphatic carbocycles. The predicted molar refractivity (Wildman–Crippen MR) is 290 cm³/mol. The highest BCUT2D eigenvalue weighted by atomic mass is 16.5. The van der Waals surface area contributed by atoms with Gasteiger partial charge >= 0.3 is 11.9 Å². The summed E-state index contributed by atoms with van der Waals surface area (Å²) in [4.78, 5) is 35.1. The first-order chi connectivity index (χ1) is 33.4. The van der Waals surface area contributed by atoms with Crippen LogP contribution in [0.1, 0.15) is 249 Å². The van der Waals surface area contributed by atoms with Crippen molar-refractivity contribution in [2.75, 3.05) is 0 Å². The molecule has 0 aromatic rings. The molecule has 0 N–H and O–H groups in total. The number of hydrogen-bond acceptors (Lipinski definition) is 5. The summed E-state index contributed by atoms with van der Waals surface area (Å²) in [5.74, 6) is 10.3. The van der Waals surface area contributed by atoms with E-state index in [4.69, 9.17) is 9.47 Å². The second-order valence-corrected chi connectivity index (χ2v) is 27.5. The summed E-state index contributed by atoms with van der Waals surface area (Å²) in [6.45, 7) is 28.8. The maximum atomic E-state index is 12.3. The Kier molecular flexibility index (Phi) is 19.1. The van der Waals surface area contributed by atoms with Gasteiger partial charge in [-0.15, -0.1) is 6.58 Å². The van der Waals surface area contributed by atoms with Gasteiger partial charge in [0.1, 0.15) is 18.5 Å². The van der Waals surface area contributed by atoms with E-state index in [0.717, 1.165) is 122 Å². The van der Waals surface area contributed by atoms with Crippen LogP contribution in [0.15, 0.2) is 36.0 Å². The van der Waals surface area contributed by atoms with Gasteiger partial charge in [0.25, 0.3) is 0 Å². The van der Waals surface area contributed by atoms with Gasteiger partial charge in [-0.2, -0.15) is 0 Å². The van der Waals surface area contributed by atoms with Crippen LogP contribution < -0.4 is 0 Å². The molecule has 0 aromatic heterocycles. The molecule has 0 saturated heterocycles. The van der Waals surface area contributed by atoms with Gasteiger partial charge in [-0.05, 0) is 202 Å². The number of rotatable bonds is 20. The van der Waals surface area contributed by atoms with Gasteiger partial charge in [0.05, 0.1) is 0 Å². The number of esters is 2. The number of aldehydes is 1. The van der Waals surface area contributed by atoms with Crippen molar-refractivity contribution >= 4 is 18.2 Å². The first-order valence-electron chi connectivity index (χ1n) is 30.2. The Morgan fingerprint density at radius 1 is 0.571 bits per heavy atom. The molecular formula is C65H106O5. The summed E-state index contributed by atoms with van der Waals surface area (Å²) in [6, 6.07) is 0. The lowest BCUT2D eigenvalue weighted by molar-refractivity contribution is -0.152. The number of hydrogen-bond donors (Lipinski definition) is 0. The topological polar surface area (TPSA) is 69.7 Å². The molecule has 0 amide bonds. The van der Waals surface area contributed by atoms with E-state index in [1.54, 1.807) is 11.1 Å². The predicted octanol–water partition coefficient (Wildman–Crippen LogP) is 17.6. The average molecular weight is 968 g/mol. The summed E-state index contributed by atoms with van der Waals surface area (Å²) >= 11 is 0. The molecule has 0 spiro atoms. The molecule has 0 heterocycles. The molecule has 0 unspecified atom stereocenters. The molecule has 396 valence electrons. The maximum absolute atomic E-state index is 12.3. The van der Waals surface area contributed by atoms with Gasteiger partial charge in [0.2, 0.25) is 0 Å². The van der Waals surface area contributed by atoms with Crippen LogP contribution in [0, 0.1) is 92.7 Å². The molecule has 0 radical (unpaired) electrons. The van der Waals surface area contributed by atoms with E-state index in [2.05, 4.69) is 88.0 Å². The molecule has 0 bridgehead atoms. The van der Waals surface area contributed by atoms with E-state index in [9.17, 15) is 14.4 Å². The summed E-state index contributed by atoms with van der Waals surface area (Å²) in [5.41, 5.74) is 4.92. The number of ether oxygens (including phenoxy) is 2. The molecule has 0 aliphatic heterocycles. The summed E-state index contributed by atoms with van der Waals surface area (Å²) in [6.07, 6.45) is 40.5. The number of unbranched alkanes of at least 4 members (excludes halogenated alkanes) is 2. The quantitative estimate of drug-likeness (QED) is 0.0526. The van der Waals surface area contributed by atoms with E-state index in [0.29, 0.717) is 47.3 Å².